The Bertz CT molecular complexity index is 2140. The van der Waals surface area contributed by atoms with Gasteiger partial charge in [-0.15, -0.1) is 0 Å². The Hall–Kier alpha value is -5.93. The number of nitrogens with zero attached hydrogens (tertiary/aromatic N) is 3. The van der Waals surface area contributed by atoms with Crippen LogP contribution in [0.2, 0.25) is 0 Å². The van der Waals surface area contributed by atoms with Crippen molar-refractivity contribution in [2.45, 2.75) is 6.92 Å². The Morgan fingerprint density at radius 2 is 1.00 bits per heavy atom. The maximum Gasteiger partial charge on any atom is 0.160 e. The van der Waals surface area contributed by atoms with Crippen LogP contribution in [0.3, 0.4) is 0 Å². The standard InChI is InChI=1S/C42H31N3/c1-29(31-15-5-3-6-16-31)44-42(34-17-7-4-8-18-34)45-30(2)32-24-26-33(27-25-32)40-35-19-9-11-21-37(35)41(39-23-13-14-28-43-39)38-22-12-10-20-36(38)40/h3-28H,1H2,2H3. The van der Waals surface area contributed by atoms with Crippen LogP contribution in [0.25, 0.3) is 49.6 Å². The smallest absolute Gasteiger partial charge is 0.160 e. The molecule has 6 aromatic carbocycles. The summed E-state index contributed by atoms with van der Waals surface area (Å²) in [5.74, 6) is 0.633. The van der Waals surface area contributed by atoms with Crippen molar-refractivity contribution in [2.75, 3.05) is 0 Å². The molecule has 1 heterocycles. The van der Waals surface area contributed by atoms with Crippen molar-refractivity contribution in [3.05, 3.63) is 181 Å². The molecule has 0 fully saturated rings. The van der Waals surface area contributed by atoms with Gasteiger partial charge in [0.15, 0.2) is 5.84 Å². The van der Waals surface area contributed by atoms with Gasteiger partial charge in [-0.25, -0.2) is 9.98 Å². The van der Waals surface area contributed by atoms with Crippen molar-refractivity contribution >= 4 is 38.8 Å². The van der Waals surface area contributed by atoms with Gasteiger partial charge in [-0.1, -0.05) is 146 Å². The highest BCUT2D eigenvalue weighted by Gasteiger charge is 2.17. The molecule has 214 valence electrons. The second kappa shape index (κ2) is 12.4. The first kappa shape index (κ1) is 27.9. The number of amidine groups is 1. The molecule has 45 heavy (non-hydrogen) atoms. The van der Waals surface area contributed by atoms with Crippen molar-refractivity contribution in [1.82, 2.24) is 4.98 Å². The van der Waals surface area contributed by atoms with Crippen LogP contribution in [0.1, 0.15) is 23.6 Å². The van der Waals surface area contributed by atoms with Crippen LogP contribution in [0.5, 0.6) is 0 Å². The van der Waals surface area contributed by atoms with Gasteiger partial charge in [-0.2, -0.15) is 0 Å². The van der Waals surface area contributed by atoms with E-state index in [2.05, 4.69) is 85.4 Å². The summed E-state index contributed by atoms with van der Waals surface area (Å²) in [6.45, 7) is 6.26. The fourth-order valence-electron chi connectivity index (χ4n) is 5.89. The highest BCUT2D eigenvalue weighted by Crippen LogP contribution is 2.43. The van der Waals surface area contributed by atoms with E-state index in [4.69, 9.17) is 15.0 Å². The van der Waals surface area contributed by atoms with Gasteiger partial charge >= 0.3 is 0 Å². The summed E-state index contributed by atoms with van der Waals surface area (Å²) in [6, 6.07) is 52.1. The highest BCUT2D eigenvalue weighted by atomic mass is 14.9. The van der Waals surface area contributed by atoms with Crippen LogP contribution in [-0.4, -0.2) is 16.5 Å². The SMILES string of the molecule is C=C(N=C(N=C(C)c1ccc(-c2c3ccccc3c(-c3ccccn3)c3ccccc23)cc1)c1ccccc1)c1ccccc1. The summed E-state index contributed by atoms with van der Waals surface area (Å²) in [5, 5.41) is 4.78. The number of benzene rings is 6. The maximum atomic E-state index is 5.03. The monoisotopic (exact) mass is 577 g/mol. The van der Waals surface area contributed by atoms with Crippen molar-refractivity contribution in [3.8, 4) is 22.4 Å². The number of fused-ring (bicyclic) bond motifs is 2. The fraction of sp³-hybridized carbons (Fsp3) is 0.0238. The zero-order valence-electron chi connectivity index (χ0n) is 25.1. The summed E-state index contributed by atoms with van der Waals surface area (Å²) in [6.07, 6.45) is 1.86. The van der Waals surface area contributed by atoms with Gasteiger partial charge in [0.1, 0.15) is 0 Å². The molecule has 7 aromatic rings. The van der Waals surface area contributed by atoms with Gasteiger partial charge in [-0.05, 0) is 62.9 Å². The van der Waals surface area contributed by atoms with E-state index in [0.29, 0.717) is 11.5 Å². The van der Waals surface area contributed by atoms with E-state index in [1.165, 1.54) is 27.1 Å². The van der Waals surface area contributed by atoms with E-state index in [1.54, 1.807) is 0 Å². The van der Waals surface area contributed by atoms with Crippen molar-refractivity contribution < 1.29 is 0 Å². The first-order valence-corrected chi connectivity index (χ1v) is 15.1. The first-order valence-electron chi connectivity index (χ1n) is 15.1. The molecule has 0 aliphatic heterocycles. The van der Waals surface area contributed by atoms with E-state index in [9.17, 15) is 0 Å². The molecule has 0 aliphatic carbocycles. The summed E-state index contributed by atoms with van der Waals surface area (Å²) >= 11 is 0. The van der Waals surface area contributed by atoms with Gasteiger partial charge in [-0.3, -0.25) is 4.98 Å². The number of rotatable bonds is 6. The van der Waals surface area contributed by atoms with Crippen LogP contribution >= 0.6 is 0 Å². The first-order chi connectivity index (χ1) is 22.2. The minimum Gasteiger partial charge on any atom is -0.256 e. The van der Waals surface area contributed by atoms with Crippen molar-refractivity contribution in [3.63, 3.8) is 0 Å². The van der Waals surface area contributed by atoms with Gasteiger partial charge in [0, 0.05) is 23.0 Å². The maximum absolute atomic E-state index is 5.03. The molecule has 0 saturated carbocycles. The average Bonchev–Trinajstić information content (AvgIpc) is 3.11. The lowest BCUT2D eigenvalue weighted by atomic mass is 9.87. The minimum atomic E-state index is 0.633. The largest absolute Gasteiger partial charge is 0.256 e. The van der Waals surface area contributed by atoms with Crippen molar-refractivity contribution in [1.29, 1.82) is 0 Å². The number of hydrogen-bond acceptors (Lipinski definition) is 2. The van der Waals surface area contributed by atoms with Crippen molar-refractivity contribution in [2.24, 2.45) is 9.98 Å². The lowest BCUT2D eigenvalue weighted by Crippen LogP contribution is -2.04. The number of hydrogen-bond donors (Lipinski definition) is 0. The normalized spacial score (nSPS) is 12.0. The van der Waals surface area contributed by atoms with E-state index >= 15 is 0 Å². The molecule has 0 N–H and O–H groups in total. The predicted molar refractivity (Wildman–Crippen MR) is 191 cm³/mol. The lowest BCUT2D eigenvalue weighted by Gasteiger charge is -2.17. The van der Waals surface area contributed by atoms with Crippen LogP contribution in [0.15, 0.2) is 174 Å². The Kier molecular flexibility index (Phi) is 7.65. The van der Waals surface area contributed by atoms with Crippen LogP contribution in [0.4, 0.5) is 0 Å². The molecule has 1 aromatic heterocycles. The summed E-state index contributed by atoms with van der Waals surface area (Å²) in [4.78, 5) is 14.6. The molecule has 0 saturated heterocycles. The Morgan fingerprint density at radius 3 is 1.56 bits per heavy atom. The van der Waals surface area contributed by atoms with Gasteiger partial charge in [0.25, 0.3) is 0 Å². The molecule has 3 nitrogen and oxygen atoms in total. The zero-order chi connectivity index (χ0) is 30.6. The summed E-state index contributed by atoms with van der Waals surface area (Å²) in [7, 11) is 0. The van der Waals surface area contributed by atoms with Gasteiger partial charge < -0.3 is 0 Å². The Labute approximate surface area is 263 Å². The molecule has 0 bridgehead atoms. The predicted octanol–water partition coefficient (Wildman–Crippen LogP) is 10.6. The van der Waals surface area contributed by atoms with Gasteiger partial charge in [0.2, 0.25) is 0 Å². The Balaban J connectivity index is 1.32. The van der Waals surface area contributed by atoms with E-state index in [0.717, 1.165) is 39.2 Å². The third kappa shape index (κ3) is 5.60. The quantitative estimate of drug-likeness (QED) is 0.110. The molecule has 0 spiro atoms. The van der Waals surface area contributed by atoms with Crippen LogP contribution in [-0.2, 0) is 0 Å². The lowest BCUT2D eigenvalue weighted by molar-refractivity contribution is 1.34. The minimum absolute atomic E-state index is 0.633. The molecule has 0 unspecified atom stereocenters. The fourth-order valence-corrected chi connectivity index (χ4v) is 5.89. The highest BCUT2D eigenvalue weighted by molar-refractivity contribution is 6.21. The summed E-state index contributed by atoms with van der Waals surface area (Å²) in [5.41, 5.74) is 9.01. The number of aromatic nitrogens is 1. The molecule has 0 radical (unpaired) electrons. The summed E-state index contributed by atoms with van der Waals surface area (Å²) < 4.78 is 0. The third-order valence-electron chi connectivity index (χ3n) is 8.10. The second-order valence-electron chi connectivity index (χ2n) is 10.9. The Morgan fingerprint density at radius 1 is 0.489 bits per heavy atom. The molecule has 0 amide bonds. The topological polar surface area (TPSA) is 37.6 Å². The molecule has 7 rings (SSSR count). The number of pyridine rings is 1. The molecule has 0 atom stereocenters. The van der Waals surface area contributed by atoms with Crippen LogP contribution in [0, 0.1) is 0 Å². The number of aliphatic imine (C=N–C) groups is 2. The van der Waals surface area contributed by atoms with E-state index in [-0.39, 0.29) is 0 Å². The molecule has 0 aliphatic rings. The molecular weight excluding hydrogens is 546 g/mol. The zero-order valence-corrected chi connectivity index (χ0v) is 25.1. The molecular formula is C42H31N3. The second-order valence-corrected chi connectivity index (χ2v) is 10.9. The van der Waals surface area contributed by atoms with E-state index in [1.807, 2.05) is 85.9 Å². The third-order valence-corrected chi connectivity index (χ3v) is 8.10. The molecule has 3 heteroatoms. The van der Waals surface area contributed by atoms with Gasteiger partial charge in [0.05, 0.1) is 11.4 Å². The van der Waals surface area contributed by atoms with E-state index < -0.39 is 0 Å². The van der Waals surface area contributed by atoms with Crippen LogP contribution < -0.4 is 0 Å². The average molecular weight is 578 g/mol.